The number of nitrogens with one attached hydrogen (secondary N) is 2. The Bertz CT molecular complexity index is 1620. The molecule has 5 rings (SSSR count). The number of thioether (sulfide) groups is 1. The predicted molar refractivity (Wildman–Crippen MR) is 154 cm³/mol. The van der Waals surface area contributed by atoms with Crippen molar-refractivity contribution < 1.29 is 4.74 Å². The monoisotopic (exact) mass is 542 g/mol. The number of ether oxygens (including phenoxy) is 1. The first-order valence-electron chi connectivity index (χ1n) is 11.4. The Balaban J connectivity index is 1.28. The molecule has 0 bridgehead atoms. The van der Waals surface area contributed by atoms with Crippen LogP contribution < -0.4 is 15.6 Å². The molecule has 0 aliphatic rings. The van der Waals surface area contributed by atoms with Crippen LogP contribution in [0, 0.1) is 6.57 Å². The van der Waals surface area contributed by atoms with Gasteiger partial charge in [0, 0.05) is 32.6 Å². The van der Waals surface area contributed by atoms with Gasteiger partial charge >= 0.3 is 0 Å². The summed E-state index contributed by atoms with van der Waals surface area (Å²) in [7, 11) is 1.58. The van der Waals surface area contributed by atoms with Gasteiger partial charge in [-0.2, -0.15) is 0 Å². The zero-order valence-electron chi connectivity index (χ0n) is 19.9. The highest BCUT2D eigenvalue weighted by Gasteiger charge is 2.15. The lowest BCUT2D eigenvalue weighted by atomic mass is 10.1. The molecular formula is C28H22N4O2S3. The van der Waals surface area contributed by atoms with Gasteiger partial charge in [-0.3, -0.25) is 4.79 Å². The molecular weight excluding hydrogens is 521 g/mol. The van der Waals surface area contributed by atoms with E-state index in [1.165, 1.54) is 26.4 Å². The second kappa shape index (κ2) is 11.5. The fourth-order valence-corrected chi connectivity index (χ4v) is 6.31. The van der Waals surface area contributed by atoms with Crippen molar-refractivity contribution in [2.75, 3.05) is 12.4 Å². The van der Waals surface area contributed by atoms with Gasteiger partial charge in [-0.05, 0) is 59.0 Å². The quantitative estimate of drug-likeness (QED) is 0.113. The average molecular weight is 543 g/mol. The molecule has 3 aromatic heterocycles. The Morgan fingerprint density at radius 3 is 2.78 bits per heavy atom. The van der Waals surface area contributed by atoms with Crippen molar-refractivity contribution in [2.24, 2.45) is 0 Å². The van der Waals surface area contributed by atoms with Crippen LogP contribution in [0.25, 0.3) is 25.9 Å². The maximum Gasteiger partial charge on any atom is 0.276 e. The van der Waals surface area contributed by atoms with Crippen LogP contribution in [0.1, 0.15) is 10.4 Å². The molecule has 0 atom stereocenters. The molecule has 0 unspecified atom stereocenters. The Labute approximate surface area is 226 Å². The predicted octanol–water partition coefficient (Wildman–Crippen LogP) is 7.69. The van der Waals surface area contributed by atoms with Crippen molar-refractivity contribution in [1.82, 2.24) is 9.97 Å². The summed E-state index contributed by atoms with van der Waals surface area (Å²) in [5.74, 6) is 1.26. The van der Waals surface area contributed by atoms with E-state index < -0.39 is 5.56 Å². The highest BCUT2D eigenvalue weighted by atomic mass is 32.2. The van der Waals surface area contributed by atoms with E-state index in [0.29, 0.717) is 27.9 Å². The summed E-state index contributed by atoms with van der Waals surface area (Å²) in [6, 6.07) is 24.0. The van der Waals surface area contributed by atoms with Crippen LogP contribution in [-0.2, 0) is 12.3 Å². The minimum atomic E-state index is -0.446. The van der Waals surface area contributed by atoms with Crippen LogP contribution >= 0.6 is 34.4 Å². The normalized spacial score (nSPS) is 10.7. The molecule has 0 fully saturated rings. The molecule has 0 aliphatic heterocycles. The number of rotatable bonds is 9. The van der Waals surface area contributed by atoms with Crippen molar-refractivity contribution in [3.63, 3.8) is 0 Å². The van der Waals surface area contributed by atoms with Crippen LogP contribution in [0.4, 0.5) is 11.4 Å². The van der Waals surface area contributed by atoms with Crippen LogP contribution in [0.2, 0.25) is 0 Å². The van der Waals surface area contributed by atoms with E-state index in [9.17, 15) is 4.79 Å². The van der Waals surface area contributed by atoms with E-state index in [4.69, 9.17) is 11.3 Å². The highest BCUT2D eigenvalue weighted by Crippen LogP contribution is 2.32. The standard InChI is InChI=1S/C28H22N4O2S3/c1-29-26-25(19-7-4-9-21(15-19)34-2)31-28(32-27(26)33)36-17-18-6-3-8-20(14-18)30-16-22-11-12-24(37-22)23-10-5-13-35-23/h3-15,30H,16-17H2,2H3,(H,31,32,33). The van der Waals surface area contributed by atoms with Gasteiger partial charge in [0.25, 0.3) is 11.2 Å². The number of hydrogen-bond donors (Lipinski definition) is 2. The fraction of sp³-hybridized carbons (Fsp3) is 0.107. The first-order valence-corrected chi connectivity index (χ1v) is 14.1. The van der Waals surface area contributed by atoms with Crippen molar-refractivity contribution >= 4 is 45.8 Å². The summed E-state index contributed by atoms with van der Waals surface area (Å²) < 4.78 is 5.29. The smallest absolute Gasteiger partial charge is 0.276 e. The van der Waals surface area contributed by atoms with E-state index in [1.54, 1.807) is 35.8 Å². The number of thiophene rings is 2. The Hall–Kier alpha value is -3.84. The summed E-state index contributed by atoms with van der Waals surface area (Å²) in [6.45, 7) is 8.22. The molecule has 2 N–H and O–H groups in total. The molecule has 2 aromatic carbocycles. The van der Waals surface area contributed by atoms with E-state index in [2.05, 4.69) is 55.8 Å². The van der Waals surface area contributed by atoms with Gasteiger partial charge in [-0.1, -0.05) is 42.1 Å². The second-order valence-electron chi connectivity index (χ2n) is 8.00. The van der Waals surface area contributed by atoms with Gasteiger partial charge in [0.2, 0.25) is 0 Å². The van der Waals surface area contributed by atoms with Gasteiger partial charge in [-0.15, -0.1) is 22.7 Å². The van der Waals surface area contributed by atoms with Gasteiger partial charge in [-0.25, -0.2) is 9.83 Å². The minimum Gasteiger partial charge on any atom is -0.497 e. The van der Waals surface area contributed by atoms with E-state index in [0.717, 1.165) is 17.8 Å². The highest BCUT2D eigenvalue weighted by molar-refractivity contribution is 7.98. The molecule has 0 radical (unpaired) electrons. The number of anilines is 1. The molecule has 37 heavy (non-hydrogen) atoms. The van der Waals surface area contributed by atoms with E-state index >= 15 is 0 Å². The number of hydrogen-bond acceptors (Lipinski definition) is 7. The third-order valence-electron chi connectivity index (χ3n) is 5.52. The molecule has 184 valence electrons. The van der Waals surface area contributed by atoms with Crippen molar-refractivity contribution in [1.29, 1.82) is 0 Å². The van der Waals surface area contributed by atoms with Gasteiger partial charge < -0.3 is 15.0 Å². The first kappa shape index (κ1) is 24.8. The summed E-state index contributed by atoms with van der Waals surface area (Å²) in [4.78, 5) is 27.3. The molecule has 0 amide bonds. The number of aromatic amines is 1. The molecule has 3 heterocycles. The summed E-state index contributed by atoms with van der Waals surface area (Å²) >= 11 is 4.98. The van der Waals surface area contributed by atoms with Gasteiger partial charge in [0.05, 0.1) is 19.4 Å². The van der Waals surface area contributed by atoms with Crippen LogP contribution in [0.15, 0.2) is 88.1 Å². The second-order valence-corrected chi connectivity index (χ2v) is 11.1. The largest absolute Gasteiger partial charge is 0.497 e. The third-order valence-corrected chi connectivity index (χ3v) is 8.62. The average Bonchev–Trinajstić information content (AvgIpc) is 3.63. The van der Waals surface area contributed by atoms with Gasteiger partial charge in [0.15, 0.2) is 5.16 Å². The van der Waals surface area contributed by atoms with Crippen LogP contribution in [0.3, 0.4) is 0 Å². The Morgan fingerprint density at radius 1 is 1.08 bits per heavy atom. The molecule has 5 aromatic rings. The molecule has 9 heteroatoms. The number of benzene rings is 2. The SMILES string of the molecule is [C-]#[N+]c1c(-c2cccc(OC)c2)nc(SCc2cccc(NCc3ccc(-c4cccs4)s3)c2)[nH]c1=O. The molecule has 0 aliphatic carbocycles. The zero-order chi connectivity index (χ0) is 25.6. The van der Waals surface area contributed by atoms with Gasteiger partial charge in [0.1, 0.15) is 5.75 Å². The fourth-order valence-electron chi connectivity index (χ4n) is 3.73. The molecule has 6 nitrogen and oxygen atoms in total. The summed E-state index contributed by atoms with van der Waals surface area (Å²) in [5.41, 5.74) is 2.68. The third kappa shape index (κ3) is 5.94. The summed E-state index contributed by atoms with van der Waals surface area (Å²) in [6.07, 6.45) is 0. The maximum absolute atomic E-state index is 12.6. The van der Waals surface area contributed by atoms with Crippen molar-refractivity contribution in [3.8, 4) is 26.8 Å². The topological polar surface area (TPSA) is 71.4 Å². The Morgan fingerprint density at radius 2 is 1.97 bits per heavy atom. The first-order chi connectivity index (χ1) is 18.1. The lowest BCUT2D eigenvalue weighted by molar-refractivity contribution is 0.415. The van der Waals surface area contributed by atoms with E-state index in [-0.39, 0.29) is 5.69 Å². The lowest BCUT2D eigenvalue weighted by Gasteiger charge is -2.09. The zero-order valence-corrected chi connectivity index (χ0v) is 22.3. The van der Waals surface area contributed by atoms with E-state index in [1.807, 2.05) is 36.4 Å². The van der Waals surface area contributed by atoms with Crippen LogP contribution in [0.5, 0.6) is 5.75 Å². The molecule has 0 saturated heterocycles. The van der Waals surface area contributed by atoms with Crippen molar-refractivity contribution in [2.45, 2.75) is 17.5 Å². The minimum absolute atomic E-state index is 0.0281. The number of nitrogens with zero attached hydrogens (tertiary/aromatic N) is 2. The molecule has 0 saturated carbocycles. The van der Waals surface area contributed by atoms with Crippen molar-refractivity contribution in [3.05, 3.63) is 110 Å². The van der Waals surface area contributed by atoms with Crippen LogP contribution in [-0.4, -0.2) is 17.1 Å². The lowest BCUT2D eigenvalue weighted by Crippen LogP contribution is -2.09. The maximum atomic E-state index is 12.6. The number of aromatic nitrogens is 2. The number of methoxy groups -OCH3 is 1. The summed E-state index contributed by atoms with van der Waals surface area (Å²) in [5, 5.41) is 6.07. The molecule has 0 spiro atoms. The Kier molecular flexibility index (Phi) is 7.70. The number of H-pyrrole nitrogens is 1.